The highest BCUT2D eigenvalue weighted by Gasteiger charge is 2.35. The van der Waals surface area contributed by atoms with E-state index < -0.39 is 17.7 Å². The molecule has 0 saturated carbocycles. The maximum Gasteiger partial charge on any atom is 0.295 e. The van der Waals surface area contributed by atoms with Gasteiger partial charge in [0.1, 0.15) is 6.04 Å². The highest BCUT2D eigenvalue weighted by Crippen LogP contribution is 2.21. The molecule has 164 valence electrons. The Labute approximate surface area is 187 Å². The first kappa shape index (κ1) is 21.5. The molecule has 3 aromatic rings. The molecule has 1 saturated heterocycles. The van der Waals surface area contributed by atoms with Crippen LogP contribution in [0.25, 0.3) is 5.69 Å². The van der Waals surface area contributed by atoms with Crippen molar-refractivity contribution in [3.63, 3.8) is 0 Å². The van der Waals surface area contributed by atoms with Crippen LogP contribution in [0.5, 0.6) is 0 Å². The monoisotopic (exact) mass is 430 g/mol. The maximum absolute atomic E-state index is 13.0. The van der Waals surface area contributed by atoms with E-state index in [2.05, 4.69) is 10.4 Å². The van der Waals surface area contributed by atoms with Crippen molar-refractivity contribution >= 4 is 23.3 Å². The number of benzene rings is 2. The summed E-state index contributed by atoms with van der Waals surface area (Å²) in [5.41, 5.74) is 3.83. The minimum atomic E-state index is -0.667. The third kappa shape index (κ3) is 4.46. The second-order valence-corrected chi connectivity index (χ2v) is 8.08. The van der Waals surface area contributed by atoms with Gasteiger partial charge in [-0.25, -0.2) is 4.68 Å². The molecule has 0 spiro atoms. The predicted octanol–water partition coefficient (Wildman–Crippen LogP) is 3.69. The second kappa shape index (κ2) is 9.18. The standard InChI is InChI=1S/C25H26N4O3/c1-17-16-18(2)29(27-17)21-13-11-20(12-14-21)26-24(31)22-10-6-7-15-28(22)25(32)23(30)19-8-4-3-5-9-19/h3-5,8-9,11-14,16,22H,6-7,10,15H2,1-2H3,(H,26,31)/t22-/m1/s1. The molecule has 2 aromatic carbocycles. The lowest BCUT2D eigenvalue weighted by atomic mass is 9.99. The number of hydrogen-bond acceptors (Lipinski definition) is 4. The van der Waals surface area contributed by atoms with Crippen molar-refractivity contribution in [3.8, 4) is 5.69 Å². The zero-order valence-electron chi connectivity index (χ0n) is 18.2. The molecule has 0 unspecified atom stereocenters. The molecular formula is C25H26N4O3. The molecule has 1 fully saturated rings. The number of aryl methyl sites for hydroxylation is 2. The number of piperidine rings is 1. The highest BCUT2D eigenvalue weighted by atomic mass is 16.2. The molecule has 1 N–H and O–H groups in total. The summed E-state index contributed by atoms with van der Waals surface area (Å²) in [4.78, 5) is 40.0. The van der Waals surface area contributed by atoms with Gasteiger partial charge in [-0.3, -0.25) is 14.4 Å². The first-order valence-electron chi connectivity index (χ1n) is 10.8. The number of nitrogens with zero attached hydrogens (tertiary/aromatic N) is 3. The maximum atomic E-state index is 13.0. The van der Waals surface area contributed by atoms with Gasteiger partial charge in [0.15, 0.2) is 0 Å². The molecule has 0 bridgehead atoms. The molecular weight excluding hydrogens is 404 g/mol. The van der Waals surface area contributed by atoms with Gasteiger partial charge in [0.2, 0.25) is 11.7 Å². The van der Waals surface area contributed by atoms with Gasteiger partial charge in [0.25, 0.3) is 5.91 Å². The fraction of sp³-hybridized carbons (Fsp3) is 0.280. The van der Waals surface area contributed by atoms with Crippen LogP contribution in [-0.4, -0.2) is 44.9 Å². The lowest BCUT2D eigenvalue weighted by Crippen LogP contribution is -2.52. The topological polar surface area (TPSA) is 84.3 Å². The van der Waals surface area contributed by atoms with Crippen LogP contribution in [0.2, 0.25) is 0 Å². The first-order valence-corrected chi connectivity index (χ1v) is 10.8. The third-order valence-corrected chi connectivity index (χ3v) is 5.69. The second-order valence-electron chi connectivity index (χ2n) is 8.08. The SMILES string of the molecule is Cc1cc(C)n(-c2ccc(NC(=O)[C@H]3CCCCN3C(=O)C(=O)c3ccccc3)cc2)n1. The van der Waals surface area contributed by atoms with Gasteiger partial charge < -0.3 is 10.2 Å². The van der Waals surface area contributed by atoms with E-state index in [4.69, 9.17) is 0 Å². The van der Waals surface area contributed by atoms with Crippen LogP contribution >= 0.6 is 0 Å². The minimum absolute atomic E-state index is 0.280. The van der Waals surface area contributed by atoms with E-state index in [9.17, 15) is 14.4 Å². The smallest absolute Gasteiger partial charge is 0.295 e. The average Bonchev–Trinajstić information content (AvgIpc) is 3.17. The van der Waals surface area contributed by atoms with Crippen LogP contribution in [-0.2, 0) is 9.59 Å². The van der Waals surface area contributed by atoms with E-state index in [0.29, 0.717) is 24.2 Å². The van der Waals surface area contributed by atoms with Crippen molar-refractivity contribution in [2.75, 3.05) is 11.9 Å². The summed E-state index contributed by atoms with van der Waals surface area (Å²) in [6, 6.07) is 17.2. The zero-order chi connectivity index (χ0) is 22.7. The van der Waals surface area contributed by atoms with E-state index in [1.165, 1.54) is 4.90 Å². The van der Waals surface area contributed by atoms with Gasteiger partial charge in [-0.2, -0.15) is 5.10 Å². The number of likely N-dealkylation sites (tertiary alicyclic amines) is 1. The Bertz CT molecular complexity index is 1140. The number of Topliss-reactive ketones (excluding diaryl/α,β-unsaturated/α-hetero) is 1. The summed E-state index contributed by atoms with van der Waals surface area (Å²) in [5, 5.41) is 7.37. The number of aromatic nitrogens is 2. The molecule has 4 rings (SSSR count). The lowest BCUT2D eigenvalue weighted by molar-refractivity contribution is -0.136. The van der Waals surface area contributed by atoms with Crippen molar-refractivity contribution in [3.05, 3.63) is 77.6 Å². The summed E-state index contributed by atoms with van der Waals surface area (Å²) in [7, 11) is 0. The van der Waals surface area contributed by atoms with Gasteiger partial charge in [0, 0.05) is 23.5 Å². The fourth-order valence-corrected chi connectivity index (χ4v) is 4.09. The normalized spacial score (nSPS) is 15.9. The van der Waals surface area contributed by atoms with Crippen LogP contribution in [0.1, 0.15) is 41.0 Å². The molecule has 0 radical (unpaired) electrons. The number of rotatable bonds is 5. The van der Waals surface area contributed by atoms with Crippen LogP contribution in [0.15, 0.2) is 60.7 Å². The van der Waals surface area contributed by atoms with Crippen LogP contribution < -0.4 is 5.32 Å². The summed E-state index contributed by atoms with van der Waals surface area (Å²) < 4.78 is 1.84. The van der Waals surface area contributed by atoms with Crippen molar-refractivity contribution < 1.29 is 14.4 Å². The fourth-order valence-electron chi connectivity index (χ4n) is 4.09. The molecule has 1 atom stereocenters. The Morgan fingerprint density at radius 3 is 2.34 bits per heavy atom. The van der Waals surface area contributed by atoms with Crippen LogP contribution in [0.3, 0.4) is 0 Å². The number of nitrogens with one attached hydrogen (secondary N) is 1. The quantitative estimate of drug-likeness (QED) is 0.494. The first-order chi connectivity index (χ1) is 15.4. The highest BCUT2D eigenvalue weighted by molar-refractivity contribution is 6.43. The molecule has 2 heterocycles. The van der Waals surface area contributed by atoms with Crippen molar-refractivity contribution in [1.82, 2.24) is 14.7 Å². The number of carbonyl (C=O) groups is 3. The van der Waals surface area contributed by atoms with Crippen molar-refractivity contribution in [1.29, 1.82) is 0 Å². The summed E-state index contributed by atoms with van der Waals surface area (Å²) >= 11 is 0. The van der Waals surface area contributed by atoms with E-state index in [0.717, 1.165) is 29.9 Å². The average molecular weight is 431 g/mol. The van der Waals surface area contributed by atoms with Gasteiger partial charge in [-0.1, -0.05) is 30.3 Å². The van der Waals surface area contributed by atoms with Gasteiger partial charge in [-0.05, 0) is 63.4 Å². The third-order valence-electron chi connectivity index (χ3n) is 5.69. The molecule has 7 heteroatoms. The Hall–Kier alpha value is -3.74. The van der Waals surface area contributed by atoms with Crippen molar-refractivity contribution in [2.45, 2.75) is 39.2 Å². The van der Waals surface area contributed by atoms with Gasteiger partial charge in [-0.15, -0.1) is 0 Å². The molecule has 1 aromatic heterocycles. The van der Waals surface area contributed by atoms with E-state index >= 15 is 0 Å². The van der Waals surface area contributed by atoms with Crippen molar-refractivity contribution in [2.24, 2.45) is 0 Å². The van der Waals surface area contributed by atoms with E-state index in [1.54, 1.807) is 30.3 Å². The van der Waals surface area contributed by atoms with E-state index in [-0.39, 0.29) is 5.91 Å². The van der Waals surface area contributed by atoms with Crippen LogP contribution in [0.4, 0.5) is 5.69 Å². The van der Waals surface area contributed by atoms with Gasteiger partial charge in [0.05, 0.1) is 11.4 Å². The molecule has 0 aliphatic carbocycles. The number of ketones is 1. The summed E-state index contributed by atoms with van der Waals surface area (Å²) in [6.07, 6.45) is 2.14. The number of hydrogen-bond donors (Lipinski definition) is 1. The molecule has 1 aliphatic rings. The summed E-state index contributed by atoms with van der Waals surface area (Å²) in [6.45, 7) is 4.32. The Morgan fingerprint density at radius 2 is 1.69 bits per heavy atom. The zero-order valence-corrected chi connectivity index (χ0v) is 18.2. The Morgan fingerprint density at radius 1 is 0.969 bits per heavy atom. The molecule has 2 amide bonds. The molecule has 1 aliphatic heterocycles. The summed E-state index contributed by atoms with van der Waals surface area (Å²) in [5.74, 6) is -1.49. The van der Waals surface area contributed by atoms with Crippen LogP contribution in [0, 0.1) is 13.8 Å². The lowest BCUT2D eigenvalue weighted by Gasteiger charge is -2.34. The molecule has 7 nitrogen and oxygen atoms in total. The number of carbonyl (C=O) groups excluding carboxylic acids is 3. The Kier molecular flexibility index (Phi) is 6.16. The largest absolute Gasteiger partial charge is 0.324 e. The number of amides is 2. The molecule has 32 heavy (non-hydrogen) atoms. The Balaban J connectivity index is 1.47. The predicted molar refractivity (Wildman–Crippen MR) is 122 cm³/mol. The van der Waals surface area contributed by atoms with Gasteiger partial charge >= 0.3 is 0 Å². The minimum Gasteiger partial charge on any atom is -0.324 e. The van der Waals surface area contributed by atoms with E-state index in [1.807, 2.05) is 48.9 Å². The number of anilines is 1.